The molecule has 9 heteroatoms. The number of carbonyl (C=O) groups is 2. The van der Waals surface area contributed by atoms with Crippen LogP contribution in [0.3, 0.4) is 0 Å². The lowest BCUT2D eigenvalue weighted by Crippen LogP contribution is -2.32. The number of carbonyl (C=O) groups excluding carboxylic acids is 2. The van der Waals surface area contributed by atoms with Crippen molar-refractivity contribution in [2.45, 2.75) is 26.5 Å². The molecule has 3 aromatic rings. The summed E-state index contributed by atoms with van der Waals surface area (Å²) >= 11 is 1.31. The molecule has 4 rings (SSSR count). The molecule has 1 aromatic carbocycles. The van der Waals surface area contributed by atoms with Gasteiger partial charge in [-0.05, 0) is 19.1 Å². The molecular formula is C19H20N4O4S. The van der Waals surface area contributed by atoms with Crippen molar-refractivity contribution in [3.8, 4) is 0 Å². The van der Waals surface area contributed by atoms with E-state index in [1.807, 2.05) is 37.3 Å². The summed E-state index contributed by atoms with van der Waals surface area (Å²) in [5, 5.41) is 13.2. The van der Waals surface area contributed by atoms with Crippen molar-refractivity contribution >= 4 is 39.3 Å². The molecule has 1 aliphatic heterocycles. The molecule has 1 saturated heterocycles. The Hall–Kier alpha value is -2.78. The number of aromatic nitrogens is 2. The van der Waals surface area contributed by atoms with Gasteiger partial charge in [0.05, 0.1) is 12.5 Å². The minimum absolute atomic E-state index is 0.122. The van der Waals surface area contributed by atoms with Crippen molar-refractivity contribution in [3.05, 3.63) is 41.1 Å². The van der Waals surface area contributed by atoms with Crippen LogP contribution in [0.1, 0.15) is 24.1 Å². The minimum Gasteiger partial charge on any atom is -0.459 e. The van der Waals surface area contributed by atoms with Crippen LogP contribution in [0, 0.1) is 5.92 Å². The number of hydrogen-bond donors (Lipinski definition) is 1. The van der Waals surface area contributed by atoms with Crippen molar-refractivity contribution in [2.75, 3.05) is 18.1 Å². The summed E-state index contributed by atoms with van der Waals surface area (Å²) < 4.78 is 11.0. The molecule has 2 aromatic heterocycles. The lowest BCUT2D eigenvalue weighted by Gasteiger charge is -2.12. The molecule has 1 fully saturated rings. The first kappa shape index (κ1) is 18.6. The molecule has 1 atom stereocenters. The van der Waals surface area contributed by atoms with Crippen molar-refractivity contribution < 1.29 is 18.7 Å². The highest BCUT2D eigenvalue weighted by atomic mass is 32.1. The smallest absolute Gasteiger partial charge is 0.229 e. The van der Waals surface area contributed by atoms with E-state index in [2.05, 4.69) is 15.5 Å². The van der Waals surface area contributed by atoms with Crippen LogP contribution in [0.25, 0.3) is 11.0 Å². The van der Waals surface area contributed by atoms with Gasteiger partial charge in [0.25, 0.3) is 0 Å². The highest BCUT2D eigenvalue weighted by Gasteiger charge is 2.36. The van der Waals surface area contributed by atoms with Gasteiger partial charge in [0, 0.05) is 25.0 Å². The van der Waals surface area contributed by atoms with Crippen molar-refractivity contribution in [3.63, 3.8) is 0 Å². The number of furan rings is 1. The quantitative estimate of drug-likeness (QED) is 0.654. The molecule has 3 heterocycles. The van der Waals surface area contributed by atoms with Gasteiger partial charge < -0.3 is 14.5 Å². The first-order valence-corrected chi connectivity index (χ1v) is 9.91. The molecule has 0 saturated carbocycles. The van der Waals surface area contributed by atoms with Gasteiger partial charge in [-0.3, -0.25) is 14.5 Å². The molecular weight excluding hydrogens is 380 g/mol. The van der Waals surface area contributed by atoms with Gasteiger partial charge >= 0.3 is 0 Å². The average molecular weight is 400 g/mol. The summed E-state index contributed by atoms with van der Waals surface area (Å²) in [7, 11) is 0. The third-order valence-corrected chi connectivity index (χ3v) is 5.45. The number of amides is 2. The second-order valence-electron chi connectivity index (χ2n) is 6.49. The Bertz CT molecular complexity index is 966. The van der Waals surface area contributed by atoms with E-state index in [-0.39, 0.29) is 24.8 Å². The van der Waals surface area contributed by atoms with E-state index < -0.39 is 5.92 Å². The summed E-state index contributed by atoms with van der Waals surface area (Å²) in [5.74, 6) is -0.0325. The zero-order chi connectivity index (χ0) is 19.5. The van der Waals surface area contributed by atoms with Gasteiger partial charge in [0.2, 0.25) is 16.9 Å². The third kappa shape index (κ3) is 3.90. The van der Waals surface area contributed by atoms with Crippen LogP contribution in [0.15, 0.2) is 34.7 Å². The van der Waals surface area contributed by atoms with Crippen molar-refractivity contribution in [1.29, 1.82) is 0 Å². The number of anilines is 1. The highest BCUT2D eigenvalue weighted by Crippen LogP contribution is 2.28. The first-order valence-electron chi connectivity index (χ1n) is 9.09. The SMILES string of the molecule is CCOCc1nnc(N2CC(C(=O)NCc3cc4ccccc4o3)CC2=O)s1. The Labute approximate surface area is 165 Å². The Morgan fingerprint density at radius 2 is 2.25 bits per heavy atom. The molecule has 2 amide bonds. The lowest BCUT2D eigenvalue weighted by atomic mass is 10.1. The van der Waals surface area contributed by atoms with Crippen LogP contribution < -0.4 is 10.2 Å². The maximum Gasteiger partial charge on any atom is 0.229 e. The first-order chi connectivity index (χ1) is 13.6. The number of ether oxygens (including phenoxy) is 1. The van der Waals surface area contributed by atoms with Crippen LogP contribution in [0.2, 0.25) is 0 Å². The summed E-state index contributed by atoms with van der Waals surface area (Å²) in [6.07, 6.45) is 0.159. The van der Waals surface area contributed by atoms with E-state index in [0.29, 0.717) is 35.7 Å². The van der Waals surface area contributed by atoms with Gasteiger partial charge in [0.15, 0.2) is 0 Å². The van der Waals surface area contributed by atoms with Crippen molar-refractivity contribution in [1.82, 2.24) is 15.5 Å². The molecule has 0 radical (unpaired) electrons. The summed E-state index contributed by atoms with van der Waals surface area (Å²) in [4.78, 5) is 26.4. The van der Waals surface area contributed by atoms with E-state index in [9.17, 15) is 9.59 Å². The maximum absolute atomic E-state index is 12.5. The van der Waals surface area contributed by atoms with Gasteiger partial charge in [-0.1, -0.05) is 29.5 Å². The topological polar surface area (TPSA) is 97.6 Å². The zero-order valence-corrected chi connectivity index (χ0v) is 16.2. The summed E-state index contributed by atoms with van der Waals surface area (Å²) in [6, 6.07) is 9.59. The summed E-state index contributed by atoms with van der Waals surface area (Å²) in [6.45, 7) is 3.45. The zero-order valence-electron chi connectivity index (χ0n) is 15.4. The second kappa shape index (κ2) is 8.07. The molecule has 0 spiro atoms. The van der Waals surface area contributed by atoms with E-state index >= 15 is 0 Å². The normalized spacial score (nSPS) is 16.8. The Morgan fingerprint density at radius 1 is 1.39 bits per heavy atom. The minimum atomic E-state index is -0.420. The molecule has 8 nitrogen and oxygen atoms in total. The largest absolute Gasteiger partial charge is 0.459 e. The molecule has 1 unspecified atom stereocenters. The number of hydrogen-bond acceptors (Lipinski definition) is 7. The van der Waals surface area contributed by atoms with Gasteiger partial charge in [-0.15, -0.1) is 10.2 Å². The second-order valence-corrected chi connectivity index (χ2v) is 7.53. The summed E-state index contributed by atoms with van der Waals surface area (Å²) in [5.41, 5.74) is 0.785. The van der Waals surface area contributed by atoms with Crippen LogP contribution in [-0.4, -0.2) is 35.2 Å². The van der Waals surface area contributed by atoms with E-state index in [1.165, 1.54) is 16.2 Å². The van der Waals surface area contributed by atoms with Gasteiger partial charge in [0.1, 0.15) is 23.0 Å². The number of para-hydroxylation sites is 1. The molecule has 0 bridgehead atoms. The van der Waals surface area contributed by atoms with Crippen LogP contribution in [0.5, 0.6) is 0 Å². The Balaban J connectivity index is 1.35. The van der Waals surface area contributed by atoms with Crippen LogP contribution in [-0.2, 0) is 27.5 Å². The molecule has 1 aliphatic rings. The predicted molar refractivity (Wildman–Crippen MR) is 104 cm³/mol. The Kier molecular flexibility index (Phi) is 5.36. The fraction of sp³-hybridized carbons (Fsp3) is 0.368. The van der Waals surface area contributed by atoms with E-state index in [1.54, 1.807) is 0 Å². The number of fused-ring (bicyclic) bond motifs is 1. The molecule has 28 heavy (non-hydrogen) atoms. The van der Waals surface area contributed by atoms with Gasteiger partial charge in [-0.2, -0.15) is 0 Å². The number of nitrogens with zero attached hydrogens (tertiary/aromatic N) is 3. The number of rotatable bonds is 7. The monoisotopic (exact) mass is 400 g/mol. The predicted octanol–water partition coefficient (Wildman–Crippen LogP) is 2.49. The lowest BCUT2D eigenvalue weighted by molar-refractivity contribution is -0.126. The van der Waals surface area contributed by atoms with Crippen LogP contribution >= 0.6 is 11.3 Å². The molecule has 1 N–H and O–H groups in total. The van der Waals surface area contributed by atoms with E-state index in [0.717, 1.165) is 11.0 Å². The molecule has 146 valence electrons. The van der Waals surface area contributed by atoms with Crippen molar-refractivity contribution in [2.24, 2.45) is 5.92 Å². The fourth-order valence-electron chi connectivity index (χ4n) is 3.11. The number of nitrogens with one attached hydrogen (secondary N) is 1. The van der Waals surface area contributed by atoms with E-state index in [4.69, 9.17) is 9.15 Å². The molecule has 0 aliphatic carbocycles. The van der Waals surface area contributed by atoms with Crippen LogP contribution in [0.4, 0.5) is 5.13 Å². The fourth-order valence-corrected chi connectivity index (χ4v) is 3.92. The third-order valence-electron chi connectivity index (χ3n) is 4.53. The maximum atomic E-state index is 12.5. The number of benzene rings is 1. The van der Waals surface area contributed by atoms with Gasteiger partial charge in [-0.25, -0.2) is 0 Å². The average Bonchev–Trinajstić information content (AvgIpc) is 3.41. The Morgan fingerprint density at radius 3 is 3.07 bits per heavy atom. The highest BCUT2D eigenvalue weighted by molar-refractivity contribution is 7.15. The standard InChI is InChI=1S/C19H20N4O4S/c1-2-26-11-16-21-22-19(28-16)23-10-13(8-17(23)24)18(25)20-9-14-7-12-5-3-4-6-15(12)27-14/h3-7,13H,2,8-11H2,1H3,(H,20,25).